The van der Waals surface area contributed by atoms with E-state index in [1.54, 1.807) is 4.68 Å². The molecule has 6 nitrogen and oxygen atoms in total. The average Bonchev–Trinajstić information content (AvgIpc) is 3.35. The molecule has 5 rings (SSSR count). The lowest BCUT2D eigenvalue weighted by molar-refractivity contribution is 0.0994. The molecule has 120 valence electrons. The average molecular weight is 319 g/mol. The molecule has 24 heavy (non-hydrogen) atoms. The quantitative estimate of drug-likeness (QED) is 0.739. The van der Waals surface area contributed by atoms with Gasteiger partial charge in [0.25, 0.3) is 6.04 Å². The Morgan fingerprint density at radius 1 is 1.33 bits per heavy atom. The molecule has 2 fully saturated rings. The highest BCUT2D eigenvalue weighted by Crippen LogP contribution is 2.46. The highest BCUT2D eigenvalue weighted by Gasteiger charge is 2.51. The van der Waals surface area contributed by atoms with E-state index in [4.69, 9.17) is 11.3 Å². The van der Waals surface area contributed by atoms with Crippen molar-refractivity contribution in [3.8, 4) is 11.1 Å². The van der Waals surface area contributed by atoms with E-state index >= 15 is 0 Å². The first-order valence-corrected chi connectivity index (χ1v) is 8.21. The molecule has 3 aromatic heterocycles. The number of aromatic nitrogens is 4. The smallest absolute Gasteiger partial charge is 0.251 e. The van der Waals surface area contributed by atoms with Crippen LogP contribution in [0.2, 0.25) is 0 Å². The molecule has 0 aromatic carbocycles. The summed E-state index contributed by atoms with van der Waals surface area (Å²) in [6.07, 6.45) is 9.85. The van der Waals surface area contributed by atoms with Gasteiger partial charge in [-0.1, -0.05) is 0 Å². The molecule has 1 N–H and O–H groups in total. The summed E-state index contributed by atoms with van der Waals surface area (Å²) in [5.41, 5.74) is 4.31. The van der Waals surface area contributed by atoms with Crippen molar-refractivity contribution >= 4 is 11.0 Å². The van der Waals surface area contributed by atoms with Crippen molar-refractivity contribution in [3.63, 3.8) is 0 Å². The minimum atomic E-state index is 0.0427. The van der Waals surface area contributed by atoms with Crippen molar-refractivity contribution in [3.05, 3.63) is 47.8 Å². The van der Waals surface area contributed by atoms with Gasteiger partial charge in [0, 0.05) is 48.1 Å². The second kappa shape index (κ2) is 4.92. The molecule has 2 aliphatic rings. The molecule has 0 spiro atoms. The monoisotopic (exact) mass is 319 g/mol. The van der Waals surface area contributed by atoms with Crippen LogP contribution in [0.3, 0.4) is 0 Å². The molecule has 1 unspecified atom stereocenters. The van der Waals surface area contributed by atoms with E-state index in [2.05, 4.69) is 26.0 Å². The Morgan fingerprint density at radius 3 is 2.96 bits per heavy atom. The predicted molar refractivity (Wildman–Crippen MR) is 89.3 cm³/mol. The summed E-state index contributed by atoms with van der Waals surface area (Å²) in [4.78, 5) is 11.5. The lowest BCUT2D eigenvalue weighted by Gasteiger charge is -2.19. The normalized spacial score (nSPS) is 28.5. The summed E-state index contributed by atoms with van der Waals surface area (Å²) >= 11 is 0. The zero-order valence-corrected chi connectivity index (χ0v) is 13.3. The maximum Gasteiger partial charge on any atom is 0.251 e. The number of hydrogen-bond donors (Lipinski definition) is 1. The van der Waals surface area contributed by atoms with E-state index in [-0.39, 0.29) is 18.2 Å². The molecule has 2 aliphatic heterocycles. The maximum absolute atomic E-state index is 7.26. The van der Waals surface area contributed by atoms with Gasteiger partial charge in [0.15, 0.2) is 0 Å². The van der Waals surface area contributed by atoms with Gasteiger partial charge in [-0.2, -0.15) is 5.10 Å². The van der Waals surface area contributed by atoms with Gasteiger partial charge < -0.3 is 14.6 Å². The van der Waals surface area contributed by atoms with Gasteiger partial charge in [-0.05, 0) is 18.1 Å². The van der Waals surface area contributed by atoms with Crippen LogP contribution in [0.15, 0.2) is 30.9 Å². The van der Waals surface area contributed by atoms with Crippen molar-refractivity contribution in [2.24, 2.45) is 7.05 Å². The van der Waals surface area contributed by atoms with E-state index in [0.717, 1.165) is 35.0 Å². The summed E-state index contributed by atoms with van der Waals surface area (Å²) in [5, 5.41) is 5.38. The molecule has 2 saturated heterocycles. The Kier molecular flexibility index (Phi) is 2.82. The fourth-order valence-corrected chi connectivity index (χ4v) is 4.14. The molecule has 2 bridgehead atoms. The Labute approximate surface area is 139 Å². The first kappa shape index (κ1) is 13.8. The minimum Gasteiger partial charge on any atom is -0.366 e. The molecular weight excluding hydrogens is 302 g/mol. The number of nitrogens with one attached hydrogen (secondary N) is 1. The van der Waals surface area contributed by atoms with Crippen LogP contribution in [0.4, 0.5) is 0 Å². The third-order valence-electron chi connectivity index (χ3n) is 5.35. The Hall–Kier alpha value is -2.65. The molecule has 3 aromatic rings. The van der Waals surface area contributed by atoms with Gasteiger partial charge in [0.05, 0.1) is 18.7 Å². The summed E-state index contributed by atoms with van der Waals surface area (Å²) in [7, 11) is 1.92. The molecule has 5 heterocycles. The number of pyridine rings is 1. The van der Waals surface area contributed by atoms with Gasteiger partial charge in [-0.3, -0.25) is 4.68 Å². The number of aromatic amines is 1. The van der Waals surface area contributed by atoms with E-state index in [1.807, 2.05) is 31.8 Å². The largest absolute Gasteiger partial charge is 0.366 e. The van der Waals surface area contributed by atoms with Crippen LogP contribution in [-0.2, 0) is 11.8 Å². The van der Waals surface area contributed by atoms with Crippen LogP contribution in [0.25, 0.3) is 27.0 Å². The molecular formula is C18H17N5O. The number of ether oxygens (including phenoxy) is 1. The third-order valence-corrected chi connectivity index (χ3v) is 5.35. The standard InChI is InChI=1S/C18H17N5O/c1-19-15-5-16-12(4-17(15)24-16)10-3-13-14(8-21-18(13)20-6-10)11-7-22-23(2)9-11/h3,6-9,12,15-17H,4-5H2,2H3,(H,20,21)/t12-,15?,16+,17+/m0/s1. The highest BCUT2D eigenvalue weighted by atomic mass is 16.5. The van der Waals surface area contributed by atoms with Crippen molar-refractivity contribution in [1.29, 1.82) is 0 Å². The van der Waals surface area contributed by atoms with E-state index in [9.17, 15) is 0 Å². The lowest BCUT2D eigenvalue weighted by atomic mass is 9.82. The van der Waals surface area contributed by atoms with Gasteiger partial charge in [-0.15, -0.1) is 0 Å². The Balaban J connectivity index is 1.54. The van der Waals surface area contributed by atoms with E-state index in [1.165, 1.54) is 5.56 Å². The number of hydrogen-bond acceptors (Lipinski definition) is 3. The summed E-state index contributed by atoms with van der Waals surface area (Å²) in [6.45, 7) is 7.26. The fourth-order valence-electron chi connectivity index (χ4n) is 4.14. The van der Waals surface area contributed by atoms with Crippen LogP contribution in [0, 0.1) is 6.57 Å². The first-order chi connectivity index (χ1) is 11.7. The predicted octanol–water partition coefficient (Wildman–Crippen LogP) is 2.90. The van der Waals surface area contributed by atoms with Crippen LogP contribution in [0.5, 0.6) is 0 Å². The number of H-pyrrole nitrogens is 1. The Bertz CT molecular complexity index is 965. The van der Waals surface area contributed by atoms with Gasteiger partial charge in [0.1, 0.15) is 11.8 Å². The van der Waals surface area contributed by atoms with Gasteiger partial charge in [-0.25, -0.2) is 11.6 Å². The summed E-state index contributed by atoms with van der Waals surface area (Å²) in [5.74, 6) is 0.349. The first-order valence-electron chi connectivity index (χ1n) is 8.21. The third kappa shape index (κ3) is 1.91. The zero-order chi connectivity index (χ0) is 16.3. The summed E-state index contributed by atoms with van der Waals surface area (Å²) in [6, 6.07) is 2.27. The van der Waals surface area contributed by atoms with E-state index in [0.29, 0.717) is 5.92 Å². The second-order valence-corrected chi connectivity index (χ2v) is 6.76. The maximum atomic E-state index is 7.26. The number of nitrogens with zero attached hydrogens (tertiary/aromatic N) is 4. The van der Waals surface area contributed by atoms with Gasteiger partial charge in [0.2, 0.25) is 0 Å². The van der Waals surface area contributed by atoms with Crippen molar-refractivity contribution in [1.82, 2.24) is 19.7 Å². The SMILES string of the molecule is [C-]#[N+]C1C[C@H]2O[C@@H]1C[C@H]2c1cnc2[nH]cc(-c3cnn(C)c3)c2c1. The molecule has 0 amide bonds. The lowest BCUT2D eigenvalue weighted by Crippen LogP contribution is -2.23. The van der Waals surface area contributed by atoms with Crippen LogP contribution < -0.4 is 0 Å². The molecule has 0 aliphatic carbocycles. The minimum absolute atomic E-state index is 0.0427. The second-order valence-electron chi connectivity index (χ2n) is 6.76. The van der Waals surface area contributed by atoms with Gasteiger partial charge >= 0.3 is 0 Å². The van der Waals surface area contributed by atoms with E-state index < -0.39 is 0 Å². The molecule has 6 heteroatoms. The molecule has 4 atom stereocenters. The summed E-state index contributed by atoms with van der Waals surface area (Å²) < 4.78 is 7.80. The number of aryl methyl sites for hydroxylation is 1. The Morgan fingerprint density at radius 2 is 2.25 bits per heavy atom. The topological polar surface area (TPSA) is 60.1 Å². The zero-order valence-electron chi connectivity index (χ0n) is 13.3. The van der Waals surface area contributed by atoms with Crippen molar-refractivity contribution < 1.29 is 4.74 Å². The van der Waals surface area contributed by atoms with Crippen molar-refractivity contribution in [2.75, 3.05) is 0 Å². The number of rotatable bonds is 2. The number of fused-ring (bicyclic) bond motifs is 3. The highest BCUT2D eigenvalue weighted by molar-refractivity contribution is 5.93. The fraction of sp³-hybridized carbons (Fsp3) is 0.389. The van der Waals surface area contributed by atoms with Crippen LogP contribution in [0.1, 0.15) is 24.3 Å². The van der Waals surface area contributed by atoms with Crippen LogP contribution in [-0.4, -0.2) is 38.0 Å². The molecule has 0 radical (unpaired) electrons. The van der Waals surface area contributed by atoms with Crippen molar-refractivity contribution in [2.45, 2.75) is 37.0 Å². The molecule has 0 saturated carbocycles. The van der Waals surface area contributed by atoms with Crippen LogP contribution >= 0.6 is 0 Å².